The highest BCUT2D eigenvalue weighted by atomic mass is 35.5. The Morgan fingerprint density at radius 1 is 1.21 bits per heavy atom. The van der Waals surface area contributed by atoms with Crippen LogP contribution in [-0.2, 0) is 0 Å². The largest absolute Gasteiger partial charge is 0.396 e. The van der Waals surface area contributed by atoms with Gasteiger partial charge in [0.2, 0.25) is 0 Å². The predicted molar refractivity (Wildman–Crippen MR) is 61.4 cm³/mol. The van der Waals surface area contributed by atoms with Crippen molar-refractivity contribution < 1.29 is 5.11 Å². The molecular weight excluding hydrogens is 242 g/mol. The second-order valence-electron chi connectivity index (χ2n) is 3.01. The van der Waals surface area contributed by atoms with E-state index in [9.17, 15) is 0 Å². The summed E-state index contributed by atoms with van der Waals surface area (Å²) in [5, 5.41) is 9.58. The molecule has 0 bridgehead atoms. The third-order valence-electron chi connectivity index (χ3n) is 1.92. The molecule has 0 aliphatic heterocycles. The summed E-state index contributed by atoms with van der Waals surface area (Å²) in [4.78, 5) is 0. The molecule has 1 aromatic rings. The number of aliphatic hydroxyl groups is 1. The van der Waals surface area contributed by atoms with E-state index < -0.39 is 0 Å². The van der Waals surface area contributed by atoms with Gasteiger partial charge in [0.05, 0.1) is 15.4 Å². The lowest BCUT2D eigenvalue weighted by atomic mass is 10.1. The Kier molecular flexibility index (Phi) is 5.04. The quantitative estimate of drug-likeness (QED) is 0.803. The van der Waals surface area contributed by atoms with Crippen molar-refractivity contribution in [3.8, 4) is 0 Å². The van der Waals surface area contributed by atoms with Crippen molar-refractivity contribution in [2.24, 2.45) is 0 Å². The monoisotopic (exact) mass is 252 g/mol. The van der Waals surface area contributed by atoms with Crippen LogP contribution in [0.25, 0.3) is 0 Å². The van der Waals surface area contributed by atoms with Gasteiger partial charge in [-0.1, -0.05) is 29.3 Å². The first-order valence-corrected chi connectivity index (χ1v) is 5.54. The maximum absolute atomic E-state index is 8.65. The molecule has 1 rings (SSSR count). The smallest absolute Gasteiger partial charge is 0.0595 e. The highest BCUT2D eigenvalue weighted by molar-refractivity contribution is 6.42. The summed E-state index contributed by atoms with van der Waals surface area (Å²) in [5.74, 6) is 0. The van der Waals surface area contributed by atoms with Crippen molar-refractivity contribution in [3.05, 3.63) is 33.8 Å². The van der Waals surface area contributed by atoms with E-state index in [2.05, 4.69) is 0 Å². The molecular formula is C10H11Cl3O. The number of aliphatic hydroxyl groups excluding tert-OH is 1. The van der Waals surface area contributed by atoms with Crippen LogP contribution in [0, 0.1) is 0 Å². The first-order chi connectivity index (χ1) is 6.65. The van der Waals surface area contributed by atoms with Gasteiger partial charge in [-0.3, -0.25) is 0 Å². The first kappa shape index (κ1) is 12.1. The summed E-state index contributed by atoms with van der Waals surface area (Å²) in [5.41, 5.74) is 0.939. The van der Waals surface area contributed by atoms with E-state index >= 15 is 0 Å². The van der Waals surface area contributed by atoms with E-state index in [1.807, 2.05) is 6.07 Å². The molecule has 0 saturated carbocycles. The summed E-state index contributed by atoms with van der Waals surface area (Å²) in [7, 11) is 0. The molecule has 1 nitrogen and oxygen atoms in total. The Morgan fingerprint density at radius 3 is 2.50 bits per heavy atom. The molecule has 0 radical (unpaired) electrons. The van der Waals surface area contributed by atoms with Crippen molar-refractivity contribution in [1.82, 2.24) is 0 Å². The molecule has 0 saturated heterocycles. The minimum atomic E-state index is -0.114. The van der Waals surface area contributed by atoms with Crippen LogP contribution in [0.2, 0.25) is 10.0 Å². The molecule has 4 heteroatoms. The van der Waals surface area contributed by atoms with Gasteiger partial charge in [0.1, 0.15) is 0 Å². The summed E-state index contributed by atoms with van der Waals surface area (Å²) in [6, 6.07) is 5.34. The van der Waals surface area contributed by atoms with Crippen LogP contribution in [-0.4, -0.2) is 11.7 Å². The second-order valence-corrected chi connectivity index (χ2v) is 4.35. The summed E-state index contributed by atoms with van der Waals surface area (Å²) >= 11 is 17.7. The molecule has 0 aliphatic rings. The number of hydrogen-bond acceptors (Lipinski definition) is 1. The lowest BCUT2D eigenvalue weighted by Gasteiger charge is -2.09. The van der Waals surface area contributed by atoms with Crippen LogP contribution in [0.5, 0.6) is 0 Å². The van der Waals surface area contributed by atoms with Gasteiger partial charge in [-0.15, -0.1) is 11.6 Å². The molecule has 78 valence electrons. The zero-order valence-corrected chi connectivity index (χ0v) is 9.78. The fourth-order valence-electron chi connectivity index (χ4n) is 1.14. The molecule has 0 fully saturated rings. The van der Waals surface area contributed by atoms with Crippen molar-refractivity contribution in [2.45, 2.75) is 18.2 Å². The van der Waals surface area contributed by atoms with E-state index in [0.717, 1.165) is 12.0 Å². The molecule has 0 aliphatic carbocycles. The topological polar surface area (TPSA) is 20.2 Å². The van der Waals surface area contributed by atoms with Crippen LogP contribution >= 0.6 is 34.8 Å². The van der Waals surface area contributed by atoms with Crippen molar-refractivity contribution in [3.63, 3.8) is 0 Å². The van der Waals surface area contributed by atoms with Crippen LogP contribution in [0.15, 0.2) is 18.2 Å². The Labute approximate surface area is 98.6 Å². The van der Waals surface area contributed by atoms with Crippen LogP contribution in [0.1, 0.15) is 23.8 Å². The zero-order chi connectivity index (χ0) is 10.6. The number of benzene rings is 1. The Balaban J connectivity index is 2.70. The minimum absolute atomic E-state index is 0.114. The summed E-state index contributed by atoms with van der Waals surface area (Å²) in [6.45, 7) is 0.157. The predicted octanol–water partition coefficient (Wildman–Crippen LogP) is 4.05. The van der Waals surface area contributed by atoms with Gasteiger partial charge in [0.25, 0.3) is 0 Å². The molecule has 1 aromatic carbocycles. The molecule has 0 amide bonds. The maximum atomic E-state index is 8.65. The average molecular weight is 254 g/mol. The van der Waals surface area contributed by atoms with E-state index in [0.29, 0.717) is 16.5 Å². The van der Waals surface area contributed by atoms with Gasteiger partial charge in [0.15, 0.2) is 0 Å². The van der Waals surface area contributed by atoms with E-state index in [1.165, 1.54) is 0 Å². The fraction of sp³-hybridized carbons (Fsp3) is 0.400. The third kappa shape index (κ3) is 3.32. The van der Waals surface area contributed by atoms with Crippen LogP contribution < -0.4 is 0 Å². The average Bonchev–Trinajstić information content (AvgIpc) is 2.18. The van der Waals surface area contributed by atoms with Crippen LogP contribution in [0.4, 0.5) is 0 Å². The van der Waals surface area contributed by atoms with E-state index in [4.69, 9.17) is 39.9 Å². The maximum Gasteiger partial charge on any atom is 0.0595 e. The summed E-state index contributed by atoms with van der Waals surface area (Å²) < 4.78 is 0. The molecule has 0 heterocycles. The van der Waals surface area contributed by atoms with Crippen molar-refractivity contribution in [1.29, 1.82) is 0 Å². The third-order valence-corrected chi connectivity index (χ3v) is 3.13. The van der Waals surface area contributed by atoms with Gasteiger partial charge in [-0.05, 0) is 30.5 Å². The van der Waals surface area contributed by atoms with Crippen molar-refractivity contribution >= 4 is 34.8 Å². The van der Waals surface area contributed by atoms with Gasteiger partial charge in [-0.25, -0.2) is 0 Å². The lowest BCUT2D eigenvalue weighted by Crippen LogP contribution is -1.93. The van der Waals surface area contributed by atoms with E-state index in [-0.39, 0.29) is 12.0 Å². The second kappa shape index (κ2) is 5.82. The Bertz CT molecular complexity index is 301. The summed E-state index contributed by atoms with van der Waals surface area (Å²) in [6.07, 6.45) is 1.42. The van der Waals surface area contributed by atoms with Gasteiger partial charge >= 0.3 is 0 Å². The number of rotatable bonds is 4. The molecule has 14 heavy (non-hydrogen) atoms. The Hall–Kier alpha value is 0.0500. The molecule has 1 unspecified atom stereocenters. The van der Waals surface area contributed by atoms with Gasteiger partial charge < -0.3 is 5.11 Å². The lowest BCUT2D eigenvalue weighted by molar-refractivity contribution is 0.284. The van der Waals surface area contributed by atoms with Gasteiger partial charge in [-0.2, -0.15) is 0 Å². The number of halogens is 3. The van der Waals surface area contributed by atoms with Crippen molar-refractivity contribution in [2.75, 3.05) is 6.61 Å². The molecule has 1 atom stereocenters. The highest BCUT2D eigenvalue weighted by Gasteiger charge is 2.08. The Morgan fingerprint density at radius 2 is 1.93 bits per heavy atom. The first-order valence-electron chi connectivity index (χ1n) is 4.35. The normalized spacial score (nSPS) is 12.9. The van der Waals surface area contributed by atoms with E-state index in [1.54, 1.807) is 12.1 Å². The highest BCUT2D eigenvalue weighted by Crippen LogP contribution is 2.30. The number of hydrogen-bond donors (Lipinski definition) is 1. The minimum Gasteiger partial charge on any atom is -0.396 e. The SMILES string of the molecule is OCCCC(Cl)c1ccc(Cl)c(Cl)c1. The van der Waals surface area contributed by atoms with Gasteiger partial charge in [0, 0.05) is 6.61 Å². The fourth-order valence-corrected chi connectivity index (χ4v) is 1.74. The standard InChI is InChI=1S/C10H11Cl3O/c11-8(2-1-5-14)7-3-4-9(12)10(13)6-7/h3-4,6,8,14H,1-2,5H2. The van der Waals surface area contributed by atoms with Crippen LogP contribution in [0.3, 0.4) is 0 Å². The zero-order valence-electron chi connectivity index (χ0n) is 7.51. The molecule has 0 spiro atoms. The molecule has 0 aromatic heterocycles. The molecule has 1 N–H and O–H groups in total. The number of alkyl halides is 1.